The second-order valence-electron chi connectivity index (χ2n) is 5.95. The maximum Gasteiger partial charge on any atom is 0.319 e. The van der Waals surface area contributed by atoms with Gasteiger partial charge in [0, 0.05) is 17.3 Å². The number of rotatable bonds is 3. The minimum absolute atomic E-state index is 0.194. The molecular weight excluding hydrogens is 266 g/mol. The zero-order valence-corrected chi connectivity index (χ0v) is 12.6. The van der Waals surface area contributed by atoms with Crippen molar-refractivity contribution in [2.24, 2.45) is 11.7 Å². The fourth-order valence-electron chi connectivity index (χ4n) is 2.77. The molecule has 1 aromatic carbocycles. The molecular formula is C16H23N3O2. The Kier molecular flexibility index (Phi) is 4.83. The first-order valence-corrected chi connectivity index (χ1v) is 7.43. The van der Waals surface area contributed by atoms with Crippen molar-refractivity contribution in [2.75, 3.05) is 5.32 Å². The van der Waals surface area contributed by atoms with Gasteiger partial charge < -0.3 is 16.4 Å². The van der Waals surface area contributed by atoms with Crippen LogP contribution >= 0.6 is 0 Å². The Morgan fingerprint density at radius 1 is 1.19 bits per heavy atom. The van der Waals surface area contributed by atoms with E-state index in [1.54, 1.807) is 25.1 Å². The van der Waals surface area contributed by atoms with Crippen LogP contribution in [0.4, 0.5) is 10.5 Å². The highest BCUT2D eigenvalue weighted by atomic mass is 16.2. The van der Waals surface area contributed by atoms with Gasteiger partial charge in [0.1, 0.15) is 0 Å². The Labute approximate surface area is 125 Å². The number of hydrogen-bond acceptors (Lipinski definition) is 2. The summed E-state index contributed by atoms with van der Waals surface area (Å²) in [5.41, 5.74) is 7.16. The fraction of sp³-hybridized carbons (Fsp3) is 0.500. The van der Waals surface area contributed by atoms with Gasteiger partial charge in [0.15, 0.2) is 0 Å². The first-order valence-electron chi connectivity index (χ1n) is 7.43. The third-order valence-corrected chi connectivity index (χ3v) is 4.10. The van der Waals surface area contributed by atoms with Gasteiger partial charge in [-0.25, -0.2) is 4.79 Å². The maximum absolute atomic E-state index is 12.0. The highest BCUT2D eigenvalue weighted by Gasteiger charge is 2.19. The van der Waals surface area contributed by atoms with Crippen molar-refractivity contribution in [1.82, 2.24) is 5.32 Å². The third kappa shape index (κ3) is 4.21. The number of primary amides is 1. The predicted octanol–water partition coefficient (Wildman–Crippen LogP) is 2.79. The molecule has 0 spiro atoms. The molecule has 21 heavy (non-hydrogen) atoms. The molecule has 0 unspecified atom stereocenters. The SMILES string of the molecule is Cc1cc(NC(=O)NC2CCC(C)CC2)ccc1C(N)=O. The van der Waals surface area contributed by atoms with Gasteiger partial charge >= 0.3 is 6.03 Å². The first kappa shape index (κ1) is 15.4. The summed E-state index contributed by atoms with van der Waals surface area (Å²) in [6.07, 6.45) is 4.40. The van der Waals surface area contributed by atoms with E-state index in [1.807, 2.05) is 0 Å². The van der Waals surface area contributed by atoms with E-state index in [1.165, 1.54) is 0 Å². The van der Waals surface area contributed by atoms with E-state index in [9.17, 15) is 9.59 Å². The molecule has 0 atom stereocenters. The van der Waals surface area contributed by atoms with Crippen LogP contribution in [0.25, 0.3) is 0 Å². The number of hydrogen-bond donors (Lipinski definition) is 3. The minimum atomic E-state index is -0.458. The molecule has 0 bridgehead atoms. The molecule has 1 aliphatic rings. The van der Waals surface area contributed by atoms with Gasteiger partial charge in [-0.2, -0.15) is 0 Å². The lowest BCUT2D eigenvalue weighted by Gasteiger charge is -2.26. The quantitative estimate of drug-likeness (QED) is 0.799. The molecule has 4 N–H and O–H groups in total. The van der Waals surface area contributed by atoms with Crippen LogP contribution in [0.15, 0.2) is 18.2 Å². The molecule has 3 amide bonds. The van der Waals surface area contributed by atoms with Crippen LogP contribution in [-0.2, 0) is 0 Å². The fourth-order valence-corrected chi connectivity index (χ4v) is 2.77. The van der Waals surface area contributed by atoms with Crippen molar-refractivity contribution >= 4 is 17.6 Å². The molecule has 5 nitrogen and oxygen atoms in total. The molecule has 0 radical (unpaired) electrons. The van der Waals surface area contributed by atoms with Crippen molar-refractivity contribution < 1.29 is 9.59 Å². The van der Waals surface area contributed by atoms with E-state index in [-0.39, 0.29) is 12.1 Å². The van der Waals surface area contributed by atoms with Crippen molar-refractivity contribution in [3.63, 3.8) is 0 Å². The standard InChI is InChI=1S/C16H23N3O2/c1-10-3-5-12(6-4-10)18-16(21)19-13-7-8-14(15(17)20)11(2)9-13/h7-10,12H,3-6H2,1-2H3,(H2,17,20)(H2,18,19,21). The van der Waals surface area contributed by atoms with Crippen LogP contribution in [0.3, 0.4) is 0 Å². The van der Waals surface area contributed by atoms with E-state index in [4.69, 9.17) is 5.73 Å². The lowest BCUT2D eigenvalue weighted by Crippen LogP contribution is -2.39. The van der Waals surface area contributed by atoms with Crippen molar-refractivity contribution in [3.8, 4) is 0 Å². The summed E-state index contributed by atoms with van der Waals surface area (Å²) in [6.45, 7) is 4.05. The van der Waals surface area contributed by atoms with E-state index >= 15 is 0 Å². The lowest BCUT2D eigenvalue weighted by molar-refractivity contribution is 0.0999. The summed E-state index contributed by atoms with van der Waals surface area (Å²) in [7, 11) is 0. The molecule has 0 aliphatic heterocycles. The number of anilines is 1. The van der Waals surface area contributed by atoms with Crippen LogP contribution in [0.2, 0.25) is 0 Å². The van der Waals surface area contributed by atoms with E-state index in [0.29, 0.717) is 11.3 Å². The van der Waals surface area contributed by atoms with Crippen LogP contribution in [0, 0.1) is 12.8 Å². The molecule has 0 saturated heterocycles. The Balaban J connectivity index is 1.91. The molecule has 1 aromatic rings. The summed E-state index contributed by atoms with van der Waals surface area (Å²) in [4.78, 5) is 23.1. The molecule has 1 saturated carbocycles. The summed E-state index contributed by atoms with van der Waals surface area (Å²) >= 11 is 0. The molecule has 114 valence electrons. The second-order valence-corrected chi connectivity index (χ2v) is 5.95. The summed E-state index contributed by atoms with van der Waals surface area (Å²) < 4.78 is 0. The molecule has 2 rings (SSSR count). The van der Waals surface area contributed by atoms with Crippen LogP contribution in [-0.4, -0.2) is 18.0 Å². The Morgan fingerprint density at radius 3 is 2.43 bits per heavy atom. The van der Waals surface area contributed by atoms with Crippen molar-refractivity contribution in [1.29, 1.82) is 0 Å². The average Bonchev–Trinajstić information content (AvgIpc) is 2.41. The topological polar surface area (TPSA) is 84.2 Å². The number of aryl methyl sites for hydroxylation is 1. The number of amides is 3. The van der Waals surface area contributed by atoms with Gasteiger partial charge in [-0.3, -0.25) is 4.79 Å². The van der Waals surface area contributed by atoms with Crippen LogP contribution in [0.1, 0.15) is 48.5 Å². The smallest absolute Gasteiger partial charge is 0.319 e. The lowest BCUT2D eigenvalue weighted by atomic mass is 9.87. The number of carbonyl (C=O) groups excluding carboxylic acids is 2. The Morgan fingerprint density at radius 2 is 1.86 bits per heavy atom. The van der Waals surface area contributed by atoms with E-state index in [0.717, 1.165) is 37.2 Å². The van der Waals surface area contributed by atoms with Crippen molar-refractivity contribution in [2.45, 2.75) is 45.6 Å². The van der Waals surface area contributed by atoms with Crippen LogP contribution < -0.4 is 16.4 Å². The highest BCUT2D eigenvalue weighted by molar-refractivity contribution is 5.96. The summed E-state index contributed by atoms with van der Waals surface area (Å²) in [5.74, 6) is 0.301. The van der Waals surface area contributed by atoms with E-state index in [2.05, 4.69) is 17.6 Å². The van der Waals surface area contributed by atoms with Gasteiger partial charge in [0.2, 0.25) is 5.91 Å². The van der Waals surface area contributed by atoms with Gasteiger partial charge in [-0.1, -0.05) is 6.92 Å². The number of benzene rings is 1. The number of carbonyl (C=O) groups is 2. The normalized spacial score (nSPS) is 21.6. The van der Waals surface area contributed by atoms with Crippen LogP contribution in [0.5, 0.6) is 0 Å². The molecule has 1 aliphatic carbocycles. The zero-order chi connectivity index (χ0) is 15.4. The average molecular weight is 289 g/mol. The van der Waals surface area contributed by atoms with Gasteiger partial charge in [-0.05, 0) is 62.3 Å². The summed E-state index contributed by atoms with van der Waals surface area (Å²) in [5, 5.41) is 5.81. The van der Waals surface area contributed by atoms with Gasteiger partial charge in [0.25, 0.3) is 0 Å². The Hall–Kier alpha value is -2.04. The highest BCUT2D eigenvalue weighted by Crippen LogP contribution is 2.23. The second kappa shape index (κ2) is 6.61. The third-order valence-electron chi connectivity index (χ3n) is 4.10. The Bertz CT molecular complexity index is 534. The zero-order valence-electron chi connectivity index (χ0n) is 12.6. The molecule has 0 heterocycles. The number of nitrogens with two attached hydrogens (primary N) is 1. The molecule has 5 heteroatoms. The molecule has 1 fully saturated rings. The monoisotopic (exact) mass is 289 g/mol. The van der Waals surface area contributed by atoms with Gasteiger partial charge in [-0.15, -0.1) is 0 Å². The maximum atomic E-state index is 12.0. The summed E-state index contributed by atoms with van der Waals surface area (Å²) in [6, 6.07) is 5.14. The predicted molar refractivity (Wildman–Crippen MR) is 83.3 cm³/mol. The van der Waals surface area contributed by atoms with E-state index < -0.39 is 5.91 Å². The molecule has 0 aromatic heterocycles. The minimum Gasteiger partial charge on any atom is -0.366 e. The number of urea groups is 1. The van der Waals surface area contributed by atoms with Crippen molar-refractivity contribution in [3.05, 3.63) is 29.3 Å². The largest absolute Gasteiger partial charge is 0.366 e. The number of nitrogens with one attached hydrogen (secondary N) is 2. The van der Waals surface area contributed by atoms with Gasteiger partial charge in [0.05, 0.1) is 0 Å². The first-order chi connectivity index (χ1) is 9.95.